The Kier molecular flexibility index (Phi) is 5.11. The number of hydrogen-bond donors (Lipinski definition) is 1. The highest BCUT2D eigenvalue weighted by atomic mass is 19.3. The number of carbonyl (C=O) groups is 3. The predicted molar refractivity (Wildman–Crippen MR) is 95.3 cm³/mol. The highest BCUT2D eigenvalue weighted by Crippen LogP contribution is 2.30. The molecule has 3 heterocycles. The van der Waals surface area contributed by atoms with E-state index in [4.69, 9.17) is 0 Å². The average Bonchev–Trinajstić information content (AvgIpc) is 3.00. The predicted octanol–water partition coefficient (Wildman–Crippen LogP) is 0.788. The maximum absolute atomic E-state index is 12.8. The maximum atomic E-state index is 12.8. The summed E-state index contributed by atoms with van der Waals surface area (Å²) in [5.41, 5.74) is 2.44. The van der Waals surface area contributed by atoms with Crippen LogP contribution < -0.4 is 5.32 Å². The SMILES string of the molecule is O=C1CCC(N2Cc3c(CN4CCN(C(F)F)CC4)cccc3C2=O)C(=O)N1. The number of alkyl halides is 2. The summed E-state index contributed by atoms with van der Waals surface area (Å²) >= 11 is 0. The number of nitrogens with one attached hydrogen (secondary N) is 1. The van der Waals surface area contributed by atoms with E-state index in [-0.39, 0.29) is 18.2 Å². The molecule has 7 nitrogen and oxygen atoms in total. The van der Waals surface area contributed by atoms with Crippen molar-refractivity contribution in [2.75, 3.05) is 26.2 Å². The first-order chi connectivity index (χ1) is 13.4. The first kappa shape index (κ1) is 18.9. The highest BCUT2D eigenvalue weighted by molar-refractivity contribution is 6.05. The van der Waals surface area contributed by atoms with Gasteiger partial charge in [-0.05, 0) is 23.6 Å². The molecule has 3 aliphatic rings. The normalized spacial score (nSPS) is 24.0. The fourth-order valence-corrected chi connectivity index (χ4v) is 4.16. The van der Waals surface area contributed by atoms with Crippen LogP contribution in [-0.4, -0.2) is 71.2 Å². The van der Waals surface area contributed by atoms with Gasteiger partial charge in [0, 0.05) is 51.3 Å². The summed E-state index contributed by atoms with van der Waals surface area (Å²) in [7, 11) is 0. The zero-order valence-corrected chi connectivity index (χ0v) is 15.4. The van der Waals surface area contributed by atoms with Crippen LogP contribution in [0.2, 0.25) is 0 Å². The zero-order valence-electron chi connectivity index (χ0n) is 15.4. The number of halogens is 2. The van der Waals surface area contributed by atoms with Gasteiger partial charge in [-0.1, -0.05) is 12.1 Å². The van der Waals surface area contributed by atoms with E-state index in [0.717, 1.165) is 16.0 Å². The third kappa shape index (κ3) is 3.51. The van der Waals surface area contributed by atoms with Crippen molar-refractivity contribution < 1.29 is 23.2 Å². The van der Waals surface area contributed by atoms with E-state index in [9.17, 15) is 23.2 Å². The summed E-state index contributed by atoms with van der Waals surface area (Å²) in [6.07, 6.45) is 0.549. The summed E-state index contributed by atoms with van der Waals surface area (Å²) in [6, 6.07) is 4.87. The molecule has 1 atom stereocenters. The van der Waals surface area contributed by atoms with Crippen molar-refractivity contribution in [3.05, 3.63) is 34.9 Å². The number of benzene rings is 1. The summed E-state index contributed by atoms with van der Waals surface area (Å²) in [4.78, 5) is 41.2. The minimum absolute atomic E-state index is 0.200. The Hall–Kier alpha value is -2.39. The number of piperidine rings is 1. The third-order valence-electron chi connectivity index (χ3n) is 5.76. The third-order valence-corrected chi connectivity index (χ3v) is 5.76. The molecular weight excluding hydrogens is 370 g/mol. The van der Waals surface area contributed by atoms with Crippen LogP contribution in [0.5, 0.6) is 0 Å². The lowest BCUT2D eigenvalue weighted by atomic mass is 10.0. The largest absolute Gasteiger partial charge is 0.322 e. The summed E-state index contributed by atoms with van der Waals surface area (Å²) in [5, 5.41) is 2.30. The van der Waals surface area contributed by atoms with Gasteiger partial charge in [0.2, 0.25) is 11.8 Å². The van der Waals surface area contributed by atoms with Crippen LogP contribution in [0, 0.1) is 0 Å². The molecule has 3 aliphatic heterocycles. The Morgan fingerprint density at radius 2 is 1.86 bits per heavy atom. The molecular formula is C19H22F2N4O3. The van der Waals surface area contributed by atoms with Gasteiger partial charge in [0.15, 0.2) is 0 Å². The van der Waals surface area contributed by atoms with E-state index >= 15 is 0 Å². The van der Waals surface area contributed by atoms with Crippen molar-refractivity contribution in [3.63, 3.8) is 0 Å². The van der Waals surface area contributed by atoms with Gasteiger partial charge in [0.05, 0.1) is 0 Å². The molecule has 1 aromatic rings. The molecule has 28 heavy (non-hydrogen) atoms. The number of carbonyl (C=O) groups excluding carboxylic acids is 3. The highest BCUT2D eigenvalue weighted by Gasteiger charge is 2.39. The van der Waals surface area contributed by atoms with Crippen molar-refractivity contribution in [2.24, 2.45) is 0 Å². The molecule has 2 saturated heterocycles. The van der Waals surface area contributed by atoms with E-state index in [0.29, 0.717) is 51.3 Å². The first-order valence-corrected chi connectivity index (χ1v) is 9.44. The van der Waals surface area contributed by atoms with E-state index in [2.05, 4.69) is 10.2 Å². The molecule has 0 spiro atoms. The fraction of sp³-hybridized carbons (Fsp3) is 0.526. The number of piperazine rings is 1. The summed E-state index contributed by atoms with van der Waals surface area (Å²) in [6.45, 7) is 0.187. The molecule has 0 aromatic heterocycles. The maximum Gasteiger partial charge on any atom is 0.294 e. The first-order valence-electron chi connectivity index (χ1n) is 9.44. The number of fused-ring (bicyclic) bond motifs is 1. The van der Waals surface area contributed by atoms with E-state index in [1.165, 1.54) is 4.90 Å². The zero-order chi connectivity index (χ0) is 19.8. The van der Waals surface area contributed by atoms with Crippen LogP contribution >= 0.6 is 0 Å². The van der Waals surface area contributed by atoms with Gasteiger partial charge in [-0.3, -0.25) is 24.6 Å². The second kappa shape index (κ2) is 7.56. The molecule has 1 unspecified atom stereocenters. The van der Waals surface area contributed by atoms with Gasteiger partial charge >= 0.3 is 0 Å². The van der Waals surface area contributed by atoms with Gasteiger partial charge in [0.25, 0.3) is 12.5 Å². The monoisotopic (exact) mass is 392 g/mol. The van der Waals surface area contributed by atoms with E-state index < -0.39 is 18.5 Å². The van der Waals surface area contributed by atoms with Crippen LogP contribution in [0.3, 0.4) is 0 Å². The fourth-order valence-electron chi connectivity index (χ4n) is 4.16. The van der Waals surface area contributed by atoms with Crippen LogP contribution in [0.1, 0.15) is 34.3 Å². The van der Waals surface area contributed by atoms with Crippen molar-refractivity contribution in [2.45, 2.75) is 38.5 Å². The topological polar surface area (TPSA) is 73.0 Å². The summed E-state index contributed by atoms with van der Waals surface area (Å²) < 4.78 is 25.6. The van der Waals surface area contributed by atoms with E-state index in [1.807, 2.05) is 12.1 Å². The lowest BCUT2D eigenvalue weighted by molar-refractivity contribution is -0.136. The average molecular weight is 392 g/mol. The van der Waals surface area contributed by atoms with Gasteiger partial charge in [-0.25, -0.2) is 4.90 Å². The second-order valence-corrected chi connectivity index (χ2v) is 7.43. The number of amides is 3. The molecule has 0 radical (unpaired) electrons. The lowest BCUT2D eigenvalue weighted by Gasteiger charge is -2.34. The molecule has 0 bridgehead atoms. The van der Waals surface area contributed by atoms with Gasteiger partial charge in [-0.15, -0.1) is 0 Å². The van der Waals surface area contributed by atoms with Crippen LogP contribution in [0.15, 0.2) is 18.2 Å². The minimum Gasteiger partial charge on any atom is -0.322 e. The number of rotatable bonds is 4. The number of nitrogens with zero attached hydrogens (tertiary/aromatic N) is 3. The molecule has 4 rings (SSSR count). The molecule has 1 N–H and O–H groups in total. The number of hydrogen-bond acceptors (Lipinski definition) is 5. The smallest absolute Gasteiger partial charge is 0.294 e. The summed E-state index contributed by atoms with van der Waals surface area (Å²) in [5.74, 6) is -0.940. The minimum atomic E-state index is -2.43. The van der Waals surface area contributed by atoms with Crippen molar-refractivity contribution in [3.8, 4) is 0 Å². The quantitative estimate of drug-likeness (QED) is 0.606. The van der Waals surface area contributed by atoms with Crippen molar-refractivity contribution in [1.82, 2.24) is 20.0 Å². The van der Waals surface area contributed by atoms with E-state index in [1.54, 1.807) is 6.07 Å². The van der Waals surface area contributed by atoms with Crippen molar-refractivity contribution >= 4 is 17.7 Å². The Morgan fingerprint density at radius 3 is 2.54 bits per heavy atom. The molecule has 150 valence electrons. The molecule has 0 saturated carbocycles. The molecule has 9 heteroatoms. The Balaban J connectivity index is 1.47. The van der Waals surface area contributed by atoms with Crippen LogP contribution in [0.25, 0.3) is 0 Å². The molecule has 2 fully saturated rings. The van der Waals surface area contributed by atoms with Crippen LogP contribution in [0.4, 0.5) is 8.78 Å². The molecule has 3 amide bonds. The van der Waals surface area contributed by atoms with Crippen molar-refractivity contribution in [1.29, 1.82) is 0 Å². The van der Waals surface area contributed by atoms with Gasteiger partial charge in [0.1, 0.15) is 6.04 Å². The second-order valence-electron chi connectivity index (χ2n) is 7.43. The van der Waals surface area contributed by atoms with Gasteiger partial charge in [-0.2, -0.15) is 8.78 Å². The number of imide groups is 1. The standard InChI is InChI=1S/C19H22F2N4O3/c20-19(21)24-8-6-23(7-9-24)10-12-2-1-3-13-14(12)11-25(18(13)28)15-4-5-16(26)22-17(15)27/h1-3,15,19H,4-11H2,(H,22,26,27). The molecule has 1 aromatic carbocycles. The van der Waals surface area contributed by atoms with Crippen LogP contribution in [-0.2, 0) is 22.7 Å². The Labute approximate surface area is 161 Å². The molecule has 0 aliphatic carbocycles. The lowest BCUT2D eigenvalue weighted by Crippen LogP contribution is -2.52. The van der Waals surface area contributed by atoms with Gasteiger partial charge < -0.3 is 4.90 Å². The Morgan fingerprint density at radius 1 is 1.11 bits per heavy atom. The Bertz CT molecular complexity index is 808.